The minimum Gasteiger partial charge on any atom is -0.392 e. The lowest BCUT2D eigenvalue weighted by atomic mass is 9.97. The molecule has 2 fully saturated rings. The minimum atomic E-state index is -0.256. The van der Waals surface area contributed by atoms with E-state index in [4.69, 9.17) is 0 Å². The van der Waals surface area contributed by atoms with Crippen molar-refractivity contribution >= 4 is 11.8 Å². The van der Waals surface area contributed by atoms with Gasteiger partial charge in [0.2, 0.25) is 0 Å². The standard InChI is InChI=1S/C11H17N3O2S/c15-8-3-1-2-4-9(8)17-11-13-12-10(16)14(11)7-5-6-7/h7-9,15H,1-6H2,(H,12,16)/t8-,9-/m0/s1. The van der Waals surface area contributed by atoms with Gasteiger partial charge >= 0.3 is 5.69 Å². The van der Waals surface area contributed by atoms with Crippen LogP contribution in [-0.2, 0) is 0 Å². The number of aliphatic hydroxyl groups excluding tert-OH is 1. The maximum absolute atomic E-state index is 11.6. The lowest BCUT2D eigenvalue weighted by Gasteiger charge is -2.26. The van der Waals surface area contributed by atoms with E-state index in [9.17, 15) is 9.90 Å². The molecular formula is C11H17N3O2S. The average Bonchev–Trinajstić information content (AvgIpc) is 3.08. The molecule has 3 rings (SSSR count). The molecule has 17 heavy (non-hydrogen) atoms. The Morgan fingerprint density at radius 3 is 2.76 bits per heavy atom. The molecule has 2 atom stereocenters. The first-order chi connectivity index (χ1) is 8.25. The van der Waals surface area contributed by atoms with E-state index in [-0.39, 0.29) is 17.0 Å². The van der Waals surface area contributed by atoms with Crippen LogP contribution in [0.25, 0.3) is 0 Å². The van der Waals surface area contributed by atoms with E-state index in [1.54, 1.807) is 16.3 Å². The van der Waals surface area contributed by atoms with Crippen LogP contribution in [0.2, 0.25) is 0 Å². The van der Waals surface area contributed by atoms with Gasteiger partial charge in [-0.05, 0) is 25.7 Å². The summed E-state index contributed by atoms with van der Waals surface area (Å²) in [6.45, 7) is 0. The normalized spacial score (nSPS) is 29.5. The molecule has 1 heterocycles. The molecule has 2 N–H and O–H groups in total. The molecule has 0 bridgehead atoms. The summed E-state index contributed by atoms with van der Waals surface area (Å²) in [7, 11) is 0. The lowest BCUT2D eigenvalue weighted by molar-refractivity contribution is 0.136. The topological polar surface area (TPSA) is 70.9 Å². The fourth-order valence-corrected chi connectivity index (χ4v) is 3.67. The molecule has 2 aliphatic rings. The molecule has 1 aromatic rings. The first-order valence-corrected chi connectivity index (χ1v) is 7.15. The van der Waals surface area contributed by atoms with Gasteiger partial charge in [-0.2, -0.15) is 0 Å². The molecular weight excluding hydrogens is 238 g/mol. The maximum Gasteiger partial charge on any atom is 0.344 e. The first-order valence-electron chi connectivity index (χ1n) is 6.27. The van der Waals surface area contributed by atoms with Crippen LogP contribution in [0.5, 0.6) is 0 Å². The molecule has 0 spiro atoms. The van der Waals surface area contributed by atoms with Gasteiger partial charge in [0.15, 0.2) is 5.16 Å². The number of H-pyrrole nitrogens is 1. The summed E-state index contributed by atoms with van der Waals surface area (Å²) in [4.78, 5) is 11.6. The minimum absolute atomic E-state index is 0.111. The summed E-state index contributed by atoms with van der Waals surface area (Å²) in [6, 6.07) is 0.337. The van der Waals surface area contributed by atoms with Crippen molar-refractivity contribution in [1.82, 2.24) is 14.8 Å². The van der Waals surface area contributed by atoms with Gasteiger partial charge in [-0.25, -0.2) is 9.89 Å². The third-order valence-electron chi connectivity index (χ3n) is 3.51. The Hall–Kier alpha value is -0.750. The highest BCUT2D eigenvalue weighted by Gasteiger charge is 2.31. The van der Waals surface area contributed by atoms with Gasteiger partial charge < -0.3 is 5.11 Å². The second-order valence-electron chi connectivity index (χ2n) is 4.92. The second-order valence-corrected chi connectivity index (χ2v) is 6.13. The Morgan fingerprint density at radius 2 is 2.06 bits per heavy atom. The van der Waals surface area contributed by atoms with Crippen LogP contribution in [0.1, 0.15) is 44.6 Å². The Morgan fingerprint density at radius 1 is 1.29 bits per heavy atom. The van der Waals surface area contributed by atoms with Gasteiger partial charge in [0.05, 0.1) is 6.10 Å². The number of hydrogen-bond acceptors (Lipinski definition) is 4. The molecule has 0 unspecified atom stereocenters. The quantitative estimate of drug-likeness (QED) is 0.854. The van der Waals surface area contributed by atoms with Crippen LogP contribution in [0, 0.1) is 0 Å². The fourth-order valence-electron chi connectivity index (χ4n) is 2.38. The number of nitrogens with zero attached hydrogens (tertiary/aromatic N) is 2. The van der Waals surface area contributed by atoms with Gasteiger partial charge in [-0.3, -0.25) is 4.57 Å². The van der Waals surface area contributed by atoms with Crippen LogP contribution in [0.4, 0.5) is 0 Å². The van der Waals surface area contributed by atoms with E-state index in [1.165, 1.54) is 0 Å². The number of nitrogens with one attached hydrogen (secondary N) is 1. The third-order valence-corrected chi connectivity index (χ3v) is 4.86. The molecule has 5 nitrogen and oxygen atoms in total. The molecule has 2 aliphatic carbocycles. The summed E-state index contributed by atoms with van der Waals surface area (Å²) < 4.78 is 1.76. The van der Waals surface area contributed by atoms with Crippen molar-refractivity contribution < 1.29 is 5.11 Å². The Labute approximate surface area is 104 Å². The highest BCUT2D eigenvalue weighted by molar-refractivity contribution is 7.99. The van der Waals surface area contributed by atoms with Gasteiger partial charge in [0.25, 0.3) is 0 Å². The van der Waals surface area contributed by atoms with E-state index >= 15 is 0 Å². The number of aromatic amines is 1. The van der Waals surface area contributed by atoms with Gasteiger partial charge in [0.1, 0.15) is 0 Å². The van der Waals surface area contributed by atoms with Crippen molar-refractivity contribution in [3.05, 3.63) is 10.5 Å². The van der Waals surface area contributed by atoms with Crippen LogP contribution >= 0.6 is 11.8 Å². The first kappa shape index (κ1) is 11.3. The Bertz CT molecular complexity index is 452. The van der Waals surface area contributed by atoms with Crippen molar-refractivity contribution in [2.75, 3.05) is 0 Å². The van der Waals surface area contributed by atoms with E-state index in [0.29, 0.717) is 6.04 Å². The molecule has 0 amide bonds. The number of thioether (sulfide) groups is 1. The van der Waals surface area contributed by atoms with Gasteiger partial charge in [-0.15, -0.1) is 5.10 Å². The molecule has 94 valence electrons. The predicted molar refractivity (Wildman–Crippen MR) is 65.2 cm³/mol. The summed E-state index contributed by atoms with van der Waals surface area (Å²) in [6.07, 6.45) is 6.03. The van der Waals surface area contributed by atoms with Crippen LogP contribution in [0.3, 0.4) is 0 Å². The fraction of sp³-hybridized carbons (Fsp3) is 0.818. The number of rotatable bonds is 3. The Balaban J connectivity index is 1.77. The summed E-state index contributed by atoms with van der Waals surface area (Å²) in [5.41, 5.74) is -0.111. The van der Waals surface area contributed by atoms with Crippen LogP contribution in [0.15, 0.2) is 9.95 Å². The highest BCUT2D eigenvalue weighted by Crippen LogP contribution is 2.39. The summed E-state index contributed by atoms with van der Waals surface area (Å²) in [5, 5.41) is 17.5. The van der Waals surface area contributed by atoms with E-state index in [1.807, 2.05) is 0 Å². The third kappa shape index (κ3) is 2.28. The van der Waals surface area contributed by atoms with Gasteiger partial charge in [0, 0.05) is 11.3 Å². The second kappa shape index (κ2) is 4.49. The Kier molecular flexibility index (Phi) is 3.00. The smallest absolute Gasteiger partial charge is 0.344 e. The van der Waals surface area contributed by atoms with Gasteiger partial charge in [-0.1, -0.05) is 24.6 Å². The number of aromatic nitrogens is 3. The predicted octanol–water partition coefficient (Wildman–Crippen LogP) is 1.30. The largest absolute Gasteiger partial charge is 0.392 e. The zero-order valence-corrected chi connectivity index (χ0v) is 10.4. The average molecular weight is 255 g/mol. The molecule has 0 saturated heterocycles. The van der Waals surface area contributed by atoms with Crippen molar-refractivity contribution in [1.29, 1.82) is 0 Å². The zero-order chi connectivity index (χ0) is 11.8. The highest BCUT2D eigenvalue weighted by atomic mass is 32.2. The van der Waals surface area contributed by atoms with Crippen molar-refractivity contribution in [2.45, 2.75) is 61.1 Å². The molecule has 1 aromatic heterocycles. The molecule has 2 saturated carbocycles. The monoisotopic (exact) mass is 255 g/mol. The number of hydrogen-bond donors (Lipinski definition) is 2. The van der Waals surface area contributed by atoms with E-state index in [2.05, 4.69) is 10.2 Å². The SMILES string of the molecule is O=c1[nH]nc(S[C@H]2CCCC[C@@H]2O)n1C1CC1. The summed E-state index contributed by atoms with van der Waals surface area (Å²) >= 11 is 1.56. The molecule has 0 aromatic carbocycles. The van der Waals surface area contributed by atoms with Crippen LogP contribution in [-0.4, -0.2) is 31.2 Å². The maximum atomic E-state index is 11.6. The van der Waals surface area contributed by atoms with Crippen molar-refractivity contribution in [2.24, 2.45) is 0 Å². The van der Waals surface area contributed by atoms with Crippen LogP contribution < -0.4 is 5.69 Å². The van der Waals surface area contributed by atoms with Crippen molar-refractivity contribution in [3.63, 3.8) is 0 Å². The molecule has 0 aliphatic heterocycles. The molecule has 0 radical (unpaired) electrons. The number of aliphatic hydroxyl groups is 1. The summed E-state index contributed by atoms with van der Waals surface area (Å²) in [5.74, 6) is 0. The lowest BCUT2D eigenvalue weighted by Crippen LogP contribution is -2.27. The zero-order valence-electron chi connectivity index (χ0n) is 9.63. The van der Waals surface area contributed by atoms with Crippen molar-refractivity contribution in [3.8, 4) is 0 Å². The van der Waals surface area contributed by atoms with E-state index < -0.39 is 0 Å². The van der Waals surface area contributed by atoms with E-state index in [0.717, 1.165) is 43.7 Å². The molecule has 6 heteroatoms.